The summed E-state index contributed by atoms with van der Waals surface area (Å²) in [6, 6.07) is 11.0. The summed E-state index contributed by atoms with van der Waals surface area (Å²) < 4.78 is 11.2. The van der Waals surface area contributed by atoms with E-state index in [0.717, 1.165) is 28.9 Å². The van der Waals surface area contributed by atoms with Crippen LogP contribution in [0.15, 0.2) is 36.4 Å². The van der Waals surface area contributed by atoms with Gasteiger partial charge in [-0.1, -0.05) is 18.2 Å². The lowest BCUT2D eigenvalue weighted by molar-refractivity contribution is 0.159. The van der Waals surface area contributed by atoms with Gasteiger partial charge in [0.1, 0.15) is 11.9 Å². The smallest absolute Gasteiger partial charge is 0.160 e. The van der Waals surface area contributed by atoms with E-state index in [9.17, 15) is 10.2 Å². The molecule has 5 heteroatoms. The third-order valence-electron chi connectivity index (χ3n) is 4.45. The summed E-state index contributed by atoms with van der Waals surface area (Å²) in [5.74, 6) is 1.04. The molecule has 2 aromatic carbocycles. The average molecular weight is 330 g/mol. The Morgan fingerprint density at radius 3 is 2.67 bits per heavy atom. The summed E-state index contributed by atoms with van der Waals surface area (Å²) in [6.07, 6.45) is 1.18. The van der Waals surface area contributed by atoms with E-state index < -0.39 is 0 Å². The topological polar surface area (TPSA) is 79.2 Å². The number of aryl methyl sites for hydroxylation is 1. The lowest BCUT2D eigenvalue weighted by Gasteiger charge is -2.18. The van der Waals surface area contributed by atoms with Gasteiger partial charge in [-0.3, -0.25) is 0 Å². The monoisotopic (exact) mass is 330 g/mol. The van der Waals surface area contributed by atoms with Crippen molar-refractivity contribution in [2.75, 3.05) is 20.3 Å². The van der Waals surface area contributed by atoms with Crippen molar-refractivity contribution in [2.24, 2.45) is 0 Å². The van der Waals surface area contributed by atoms with Gasteiger partial charge in [0, 0.05) is 12.2 Å². The molecule has 1 aliphatic rings. The zero-order chi connectivity index (χ0) is 17.1. The van der Waals surface area contributed by atoms with Gasteiger partial charge >= 0.3 is 0 Å². The number of hydrogen-bond donors (Lipinski definition) is 3. The van der Waals surface area contributed by atoms with Crippen molar-refractivity contribution in [1.29, 1.82) is 0 Å². The minimum absolute atomic E-state index is 0.0374. The van der Waals surface area contributed by atoms with E-state index in [1.54, 1.807) is 18.2 Å². The molecule has 0 saturated heterocycles. The number of benzene rings is 2. The molecule has 0 spiro atoms. The summed E-state index contributed by atoms with van der Waals surface area (Å²) in [7, 11) is 1.50. The number of phenolic OH excluding ortho intramolecular Hbond substituents is 1. The fourth-order valence-electron chi connectivity index (χ4n) is 3.18. The first-order valence-electron chi connectivity index (χ1n) is 8.06. The molecule has 0 fully saturated rings. The molecule has 0 amide bonds. The minimum atomic E-state index is -0.326. The second-order valence-corrected chi connectivity index (χ2v) is 5.96. The third kappa shape index (κ3) is 3.05. The number of methoxy groups -OCH3 is 1. The Morgan fingerprint density at radius 2 is 1.96 bits per heavy atom. The molecule has 2 atom stereocenters. The summed E-state index contributed by atoms with van der Waals surface area (Å²) in [6.45, 7) is 0.122. The Bertz CT molecular complexity index is 713. The molecule has 2 unspecified atom stereocenters. The molecule has 1 aliphatic heterocycles. The number of phenols is 1. The highest BCUT2D eigenvalue weighted by molar-refractivity contribution is 5.48. The Morgan fingerprint density at radius 1 is 1.12 bits per heavy atom. The number of rotatable bonds is 6. The van der Waals surface area contributed by atoms with Gasteiger partial charge in [0.05, 0.1) is 19.6 Å². The first-order chi connectivity index (χ1) is 11.7. The quantitative estimate of drug-likeness (QED) is 0.758. The molecule has 3 N–H and O–H groups in total. The molecule has 0 saturated carbocycles. The van der Waals surface area contributed by atoms with E-state index in [1.807, 2.05) is 18.2 Å². The van der Waals surface area contributed by atoms with Crippen LogP contribution in [0.3, 0.4) is 0 Å². The predicted molar refractivity (Wildman–Crippen MR) is 89.7 cm³/mol. The lowest BCUT2D eigenvalue weighted by atomic mass is 9.90. The average Bonchev–Trinajstić information content (AvgIpc) is 2.98. The van der Waals surface area contributed by atoms with E-state index in [1.165, 1.54) is 7.11 Å². The van der Waals surface area contributed by atoms with Crippen molar-refractivity contribution in [3.63, 3.8) is 0 Å². The molecule has 24 heavy (non-hydrogen) atoms. The van der Waals surface area contributed by atoms with Crippen molar-refractivity contribution in [3.8, 4) is 17.2 Å². The highest BCUT2D eigenvalue weighted by atomic mass is 16.5. The molecule has 0 aromatic heterocycles. The molecule has 0 aliphatic carbocycles. The number of aliphatic hydroxyl groups excluding tert-OH is 2. The zero-order valence-corrected chi connectivity index (χ0v) is 13.6. The van der Waals surface area contributed by atoms with E-state index in [2.05, 4.69) is 0 Å². The normalized spacial score (nSPS) is 19.0. The standard InChI is InChI=1S/C19H22O5/c1-23-18-10-13(5-6-16(18)22)19-15(11-21)14-9-12(3-2-8-20)4-7-17(14)24-19/h4-7,9-10,15,19-22H,2-3,8,11H2,1H3. The first kappa shape index (κ1) is 16.6. The van der Waals surface area contributed by atoms with Gasteiger partial charge in [-0.2, -0.15) is 0 Å². The van der Waals surface area contributed by atoms with Crippen LogP contribution in [0.5, 0.6) is 17.2 Å². The summed E-state index contributed by atoms with van der Waals surface area (Å²) in [5.41, 5.74) is 2.94. The van der Waals surface area contributed by atoms with Gasteiger partial charge in [0.15, 0.2) is 11.5 Å². The van der Waals surface area contributed by atoms with E-state index in [4.69, 9.17) is 14.6 Å². The van der Waals surface area contributed by atoms with Crippen molar-refractivity contribution in [3.05, 3.63) is 53.1 Å². The molecule has 2 aromatic rings. The summed E-state index contributed by atoms with van der Waals surface area (Å²) >= 11 is 0. The van der Waals surface area contributed by atoms with E-state index >= 15 is 0 Å². The third-order valence-corrected chi connectivity index (χ3v) is 4.45. The summed E-state index contributed by atoms with van der Waals surface area (Å²) in [4.78, 5) is 0. The van der Waals surface area contributed by atoms with Crippen LogP contribution in [-0.2, 0) is 6.42 Å². The van der Waals surface area contributed by atoms with Gasteiger partial charge in [0.25, 0.3) is 0 Å². The molecule has 0 radical (unpaired) electrons. The number of ether oxygens (including phenoxy) is 2. The molecular formula is C19H22O5. The number of aliphatic hydroxyl groups is 2. The zero-order valence-electron chi connectivity index (χ0n) is 13.6. The fraction of sp³-hybridized carbons (Fsp3) is 0.368. The second-order valence-electron chi connectivity index (χ2n) is 5.96. The molecule has 128 valence electrons. The minimum Gasteiger partial charge on any atom is -0.504 e. The van der Waals surface area contributed by atoms with Crippen molar-refractivity contribution < 1.29 is 24.8 Å². The van der Waals surface area contributed by atoms with Gasteiger partial charge in [-0.15, -0.1) is 0 Å². The Hall–Kier alpha value is -2.24. The predicted octanol–water partition coefficient (Wildman–Crippen LogP) is 2.54. The lowest BCUT2D eigenvalue weighted by Crippen LogP contribution is -2.13. The SMILES string of the molecule is COc1cc(C2Oc3ccc(CCCO)cc3C2CO)ccc1O. The van der Waals surface area contributed by atoms with Gasteiger partial charge in [-0.05, 0) is 42.2 Å². The Labute approximate surface area is 141 Å². The Balaban J connectivity index is 1.91. The number of aromatic hydroxyl groups is 1. The van der Waals surface area contributed by atoms with E-state index in [-0.39, 0.29) is 31.0 Å². The molecular weight excluding hydrogens is 308 g/mol. The van der Waals surface area contributed by atoms with Crippen molar-refractivity contribution >= 4 is 0 Å². The highest BCUT2D eigenvalue weighted by Crippen LogP contribution is 2.47. The van der Waals surface area contributed by atoms with Crippen LogP contribution in [0.4, 0.5) is 0 Å². The van der Waals surface area contributed by atoms with Gasteiger partial charge < -0.3 is 24.8 Å². The van der Waals surface area contributed by atoms with Crippen LogP contribution in [0.25, 0.3) is 0 Å². The van der Waals surface area contributed by atoms with Crippen molar-refractivity contribution in [1.82, 2.24) is 0 Å². The second kappa shape index (κ2) is 7.11. The highest BCUT2D eigenvalue weighted by Gasteiger charge is 2.35. The van der Waals surface area contributed by atoms with Gasteiger partial charge in [-0.25, -0.2) is 0 Å². The van der Waals surface area contributed by atoms with Gasteiger partial charge in [0.2, 0.25) is 0 Å². The maximum Gasteiger partial charge on any atom is 0.160 e. The van der Waals surface area contributed by atoms with Crippen LogP contribution >= 0.6 is 0 Å². The van der Waals surface area contributed by atoms with Crippen LogP contribution in [-0.4, -0.2) is 35.6 Å². The molecule has 1 heterocycles. The van der Waals surface area contributed by atoms with Crippen molar-refractivity contribution in [2.45, 2.75) is 24.9 Å². The molecule has 3 rings (SSSR count). The molecule has 0 bridgehead atoms. The van der Waals surface area contributed by atoms with Crippen LogP contribution < -0.4 is 9.47 Å². The van der Waals surface area contributed by atoms with Crippen LogP contribution in [0, 0.1) is 0 Å². The first-order valence-corrected chi connectivity index (χ1v) is 8.06. The number of hydrogen-bond acceptors (Lipinski definition) is 5. The Kier molecular flexibility index (Phi) is 4.92. The molecule has 5 nitrogen and oxygen atoms in total. The maximum atomic E-state index is 9.89. The summed E-state index contributed by atoms with van der Waals surface area (Å²) in [5, 5.41) is 28.6. The maximum absolute atomic E-state index is 9.89. The fourth-order valence-corrected chi connectivity index (χ4v) is 3.18. The number of fused-ring (bicyclic) bond motifs is 1. The van der Waals surface area contributed by atoms with Crippen LogP contribution in [0.2, 0.25) is 0 Å². The van der Waals surface area contributed by atoms with E-state index in [0.29, 0.717) is 12.2 Å². The van der Waals surface area contributed by atoms with Crippen LogP contribution in [0.1, 0.15) is 35.1 Å². The largest absolute Gasteiger partial charge is 0.504 e.